The molecule has 0 unspecified atom stereocenters. The van der Waals surface area contributed by atoms with E-state index >= 15 is 0 Å². The van der Waals surface area contributed by atoms with Crippen LogP contribution in [0.15, 0.2) is 158 Å². The van der Waals surface area contributed by atoms with Crippen LogP contribution in [0.4, 0.5) is 9.59 Å². The molecule has 0 saturated carbocycles. The van der Waals surface area contributed by atoms with Gasteiger partial charge in [-0.3, -0.25) is 0 Å². The number of ether oxygens (including phenoxy) is 6. The Balaban J connectivity index is 0.000000383. The third-order valence-corrected chi connectivity index (χ3v) is 34.5. The Labute approximate surface area is 585 Å². The Morgan fingerprint density at radius 1 is 0.484 bits per heavy atom. The molecule has 24 heteroatoms. The van der Waals surface area contributed by atoms with Crippen LogP contribution in [0.5, 0.6) is 44.9 Å². The number of methoxy groups -OCH3 is 4. The summed E-state index contributed by atoms with van der Waals surface area (Å²) in [7, 11) is -2.09. The number of hydrogen-bond donors (Lipinski definition) is 4. The fourth-order valence-corrected chi connectivity index (χ4v) is 30.6. The zero-order valence-electron chi connectivity index (χ0n) is 54.5. The molecule has 18 nitrogen and oxygen atoms in total. The van der Waals surface area contributed by atoms with Crippen LogP contribution >= 0.6 is 38.6 Å². The quantitative estimate of drug-likeness (QED) is 0.0390. The molecule has 0 fully saturated rings. The van der Waals surface area contributed by atoms with Crippen molar-refractivity contribution in [1.82, 2.24) is 30.0 Å². The minimum Gasteiger partial charge on any atom is -0.497 e. The Bertz CT molecular complexity index is 3910. The van der Waals surface area contributed by atoms with Gasteiger partial charge in [0.25, 0.3) is 25.2 Å². The van der Waals surface area contributed by atoms with Crippen molar-refractivity contribution in [1.29, 1.82) is 0 Å². The number of amides is 4. The van der Waals surface area contributed by atoms with E-state index in [1.807, 2.05) is 77.5 Å². The number of carbonyl (C=O) groups is 2. The minimum atomic E-state index is -4.34. The molecule has 2 heterocycles. The number of nitrogens with zero attached hydrogens (tertiary/aromatic N) is 2. The van der Waals surface area contributed by atoms with Gasteiger partial charge in [0.1, 0.15) is 44.3 Å². The standard InChI is InChI=1S/C28H29N3O6S2.C24H25BrN2O5S.C4H4NOS.3C4H9.3CH4.Sn/c1-28(2,3)30-26(32)31-39(33,34)25-16-20(23-17-38-27(29-23)36-5)11-14-24(25)37-22-8-6-7-19(15-22)18-9-12-21(35-4)13-10-18;1-24(2,3)26-23(28)27-33(29,30)22-15-18(25)10-13-21(22)32-20-7-5-6-17(14-20)16-8-11-19(31-4)12-9-16;1-6-4-5-2-3-7-4;3*1-3-4-2;;;;/h6-17H,1-5H3,(H2,30,31,32);5-15H,1-4H3,(H2,26,27,28);3H,1H3;3*1,3-4H2,2H3;3*1H4;. The number of nitrogens with one attached hydrogen (secondary N) is 4. The maximum atomic E-state index is 13.4. The monoisotopic (exact) mass is 1550 g/mol. The summed E-state index contributed by atoms with van der Waals surface area (Å²) in [5, 5.41) is 10.6. The average Bonchev–Trinajstić information content (AvgIpc) is 1.59. The van der Waals surface area contributed by atoms with E-state index in [9.17, 15) is 26.4 Å². The summed E-state index contributed by atoms with van der Waals surface area (Å²) in [4.78, 5) is 33.5. The zero-order chi connectivity index (χ0) is 67.3. The first-order chi connectivity index (χ1) is 43.7. The van der Waals surface area contributed by atoms with Crippen molar-refractivity contribution in [2.24, 2.45) is 0 Å². The Hall–Kier alpha value is -6.90. The van der Waals surface area contributed by atoms with Gasteiger partial charge in [0, 0.05) is 26.5 Å². The molecule has 0 aliphatic heterocycles. The van der Waals surface area contributed by atoms with Crippen molar-refractivity contribution >= 4 is 92.8 Å². The topological polar surface area (TPSA) is 232 Å². The molecule has 0 bridgehead atoms. The molecule has 95 heavy (non-hydrogen) atoms. The van der Waals surface area contributed by atoms with Crippen molar-refractivity contribution < 1.29 is 54.8 Å². The molecule has 0 atom stereocenters. The molecule has 518 valence electrons. The van der Waals surface area contributed by atoms with E-state index in [-0.39, 0.29) is 43.6 Å². The Kier molecular flexibility index (Phi) is 33.1. The van der Waals surface area contributed by atoms with Gasteiger partial charge in [-0.2, -0.15) is 0 Å². The van der Waals surface area contributed by atoms with Gasteiger partial charge in [-0.15, -0.1) is 0 Å². The molecule has 8 rings (SSSR count). The number of unbranched alkanes of at least 4 members (excludes halogenated alkanes) is 3. The summed E-state index contributed by atoms with van der Waals surface area (Å²) >= 11 is 3.98. The first-order valence-corrected chi connectivity index (χ1v) is 43.1. The SMILES string of the molecule is C.C.C.CCC[CH2][Sn]([CH2]CCC)([CH2]CCC)[c]1csc(OC)n1.COc1ccc(-c2cccc(Oc3ccc(-c4csc(OC)n4)cc3S(=O)(=O)NC(=O)NC(C)(C)C)c2)cc1.COc1ccc(-c2cccc(Oc3ccc(Br)cc3S(=O)(=O)NC(=O)NC(C)(C)C)c2)cc1. The van der Waals surface area contributed by atoms with Gasteiger partial charge < -0.3 is 34.3 Å². The van der Waals surface area contributed by atoms with Crippen molar-refractivity contribution in [2.75, 3.05) is 28.4 Å². The van der Waals surface area contributed by atoms with Gasteiger partial charge in [-0.25, -0.2) is 40.9 Å². The fourth-order valence-electron chi connectivity index (χ4n) is 9.51. The summed E-state index contributed by atoms with van der Waals surface area (Å²) in [6.45, 7) is 17.5. The molecule has 0 radical (unpaired) electrons. The molecular weight excluding hydrogens is 1460 g/mol. The number of carbonyl (C=O) groups excluding carboxylic acids is 2. The molecule has 4 amide bonds. The number of aromatic nitrogens is 2. The first kappa shape index (κ1) is 82.3. The van der Waals surface area contributed by atoms with Gasteiger partial charge in [0.2, 0.25) is 0 Å². The average molecular weight is 1550 g/mol. The maximum Gasteiger partial charge on any atom is 0.329 e. The van der Waals surface area contributed by atoms with E-state index in [1.165, 1.54) is 98.3 Å². The number of thiazole rings is 2. The third kappa shape index (κ3) is 25.2. The van der Waals surface area contributed by atoms with Gasteiger partial charge in [-0.1, -0.05) is 98.1 Å². The van der Waals surface area contributed by atoms with E-state index in [2.05, 4.69) is 62.4 Å². The van der Waals surface area contributed by atoms with Crippen molar-refractivity contribution in [3.63, 3.8) is 0 Å². The van der Waals surface area contributed by atoms with Crippen LogP contribution in [-0.4, -0.2) is 96.8 Å². The molecule has 0 spiro atoms. The molecule has 0 aliphatic carbocycles. The summed E-state index contributed by atoms with van der Waals surface area (Å²) in [5.41, 5.74) is 3.45. The van der Waals surface area contributed by atoms with Crippen LogP contribution < -0.4 is 52.2 Å². The van der Waals surface area contributed by atoms with Gasteiger partial charge in [0.05, 0.1) is 27.0 Å². The number of urea groups is 2. The minimum absolute atomic E-state index is 0. The van der Waals surface area contributed by atoms with Crippen LogP contribution in [0, 0.1) is 0 Å². The largest absolute Gasteiger partial charge is 0.497 e. The number of hydrogen-bond acceptors (Lipinski definition) is 16. The zero-order valence-corrected chi connectivity index (χ0v) is 62.2. The Morgan fingerprint density at radius 3 is 1.27 bits per heavy atom. The molecule has 0 saturated heterocycles. The Morgan fingerprint density at radius 2 is 0.884 bits per heavy atom. The number of rotatable bonds is 25. The number of sulfonamides is 2. The predicted molar refractivity (Wildman–Crippen MR) is 396 cm³/mol. The summed E-state index contributed by atoms with van der Waals surface area (Å²) < 4.78 is 96.3. The van der Waals surface area contributed by atoms with E-state index in [0.717, 1.165) is 38.9 Å². The molecule has 6 aromatic carbocycles. The van der Waals surface area contributed by atoms with Crippen LogP contribution in [-0.2, 0) is 20.0 Å². The third-order valence-electron chi connectivity index (χ3n) is 14.0. The summed E-state index contributed by atoms with van der Waals surface area (Å²) in [6.07, 6.45) is 8.13. The van der Waals surface area contributed by atoms with Crippen molar-refractivity contribution in [2.45, 2.75) is 157 Å². The second-order valence-electron chi connectivity index (χ2n) is 23.6. The molecule has 4 N–H and O–H groups in total. The van der Waals surface area contributed by atoms with E-state index in [4.69, 9.17) is 33.4 Å². The van der Waals surface area contributed by atoms with Crippen LogP contribution in [0.1, 0.15) is 123 Å². The van der Waals surface area contributed by atoms with Gasteiger partial charge in [-0.05, 0) is 149 Å². The van der Waals surface area contributed by atoms with E-state index < -0.39 is 61.6 Å². The summed E-state index contributed by atoms with van der Waals surface area (Å²) in [6, 6.07) is 37.2. The molecule has 2 aromatic heterocycles. The van der Waals surface area contributed by atoms with Crippen molar-refractivity contribution in [3.05, 3.63) is 149 Å². The second kappa shape index (κ2) is 38.1. The summed E-state index contributed by atoms with van der Waals surface area (Å²) in [5.74, 6) is 2.48. The fraction of sp³-hybridized carbons (Fsp3) is 0.380. The number of halogens is 1. The second-order valence-corrected chi connectivity index (χ2v) is 42.5. The van der Waals surface area contributed by atoms with Crippen LogP contribution in [0.25, 0.3) is 33.5 Å². The molecule has 0 aliphatic rings. The van der Waals surface area contributed by atoms with Crippen LogP contribution in [0.3, 0.4) is 0 Å². The number of benzene rings is 6. The van der Waals surface area contributed by atoms with E-state index in [0.29, 0.717) is 32.4 Å². The molecular formula is C71H97BrN6O12S4Sn. The normalized spacial score (nSPS) is 11.2. The van der Waals surface area contributed by atoms with Crippen molar-refractivity contribution in [3.8, 4) is 78.4 Å². The van der Waals surface area contributed by atoms with Gasteiger partial charge >= 0.3 is 145 Å². The maximum absolute atomic E-state index is 13.4. The van der Waals surface area contributed by atoms with Gasteiger partial charge in [0.15, 0.2) is 0 Å². The smallest absolute Gasteiger partial charge is 0.329 e. The first-order valence-electron chi connectivity index (χ1n) is 30.1. The van der Waals surface area contributed by atoms with Crippen LogP contribution in [0.2, 0.25) is 13.3 Å². The van der Waals surface area contributed by atoms with E-state index in [1.54, 1.807) is 116 Å². The molecule has 8 aromatic rings. The predicted octanol–water partition coefficient (Wildman–Crippen LogP) is 18.9.